The Kier molecular flexibility index (Phi) is 3.71. The van der Waals surface area contributed by atoms with Gasteiger partial charge in [0.05, 0.1) is 0 Å². The van der Waals surface area contributed by atoms with Gasteiger partial charge in [-0.05, 0) is 12.0 Å². The predicted octanol–water partition coefficient (Wildman–Crippen LogP) is 1.77. The number of benzene rings is 1. The van der Waals surface area contributed by atoms with Crippen LogP contribution in [0.2, 0.25) is 0 Å². The van der Waals surface area contributed by atoms with Crippen molar-refractivity contribution in [1.82, 2.24) is 0 Å². The lowest BCUT2D eigenvalue weighted by Crippen LogP contribution is -2.02. The molecule has 0 atom stereocenters. The molecule has 0 radical (unpaired) electrons. The normalized spacial score (nSPS) is 9.79. The monoisotopic (exact) mass is 210 g/mol. The number of aliphatic carboxylic acids is 1. The fourth-order valence-corrected chi connectivity index (χ4v) is 1.41. The highest BCUT2D eigenvalue weighted by molar-refractivity contribution is 7.97. The fourth-order valence-electron chi connectivity index (χ4n) is 1.19. The molecule has 0 aliphatic rings. The largest absolute Gasteiger partial charge is 0.481 e. The molecule has 0 aliphatic heterocycles. The van der Waals surface area contributed by atoms with Crippen LogP contribution in [0.5, 0.6) is 0 Å². The van der Waals surface area contributed by atoms with E-state index in [1.165, 1.54) is 0 Å². The Morgan fingerprint density at radius 3 is 2.50 bits per heavy atom. The summed E-state index contributed by atoms with van der Waals surface area (Å²) in [6.07, 6.45) is 0.385. The van der Waals surface area contributed by atoms with Crippen LogP contribution >= 0.6 is 12.6 Å². The van der Waals surface area contributed by atoms with Crippen LogP contribution in [0, 0.1) is 0 Å². The topological polar surface area (TPSA) is 54.4 Å². The average Bonchev–Trinajstić information content (AvgIpc) is 2.15. The smallest absolute Gasteiger partial charge is 0.303 e. The second kappa shape index (κ2) is 4.81. The van der Waals surface area contributed by atoms with Gasteiger partial charge in [0.25, 0.3) is 0 Å². The standard InChI is InChI=1S/C10H10O3S/c11-9(12)6-5-7-3-1-2-4-8(7)10(13)14/h1-4H,5-6H2,(H,11,12)(H,13,14). The Hall–Kier alpha value is -1.29. The summed E-state index contributed by atoms with van der Waals surface area (Å²) >= 11 is 3.72. The van der Waals surface area contributed by atoms with Crippen LogP contribution in [0.15, 0.2) is 24.3 Å². The lowest BCUT2D eigenvalue weighted by atomic mass is 10.0. The minimum Gasteiger partial charge on any atom is -0.481 e. The molecule has 0 unspecified atom stereocenters. The number of hydrogen-bond donors (Lipinski definition) is 2. The predicted molar refractivity (Wildman–Crippen MR) is 55.7 cm³/mol. The second-order valence-electron chi connectivity index (χ2n) is 2.86. The third-order valence-corrected chi connectivity index (χ3v) is 2.10. The van der Waals surface area contributed by atoms with E-state index < -0.39 is 5.97 Å². The number of thiol groups is 1. The van der Waals surface area contributed by atoms with Crippen molar-refractivity contribution in [2.75, 3.05) is 0 Å². The Morgan fingerprint density at radius 2 is 1.93 bits per heavy atom. The van der Waals surface area contributed by atoms with E-state index in [4.69, 9.17) is 5.11 Å². The van der Waals surface area contributed by atoms with Crippen molar-refractivity contribution in [3.63, 3.8) is 0 Å². The zero-order chi connectivity index (χ0) is 10.6. The highest BCUT2D eigenvalue weighted by atomic mass is 32.1. The number of carboxylic acid groups (broad SMARTS) is 1. The second-order valence-corrected chi connectivity index (χ2v) is 3.26. The number of carboxylic acids is 1. The number of hydrogen-bond acceptors (Lipinski definition) is 2. The summed E-state index contributed by atoms with van der Waals surface area (Å²) in [5, 5.41) is 8.17. The Morgan fingerprint density at radius 1 is 1.29 bits per heavy atom. The van der Waals surface area contributed by atoms with E-state index in [9.17, 15) is 9.59 Å². The lowest BCUT2D eigenvalue weighted by Gasteiger charge is -2.03. The van der Waals surface area contributed by atoms with Gasteiger partial charge in [-0.1, -0.05) is 24.3 Å². The van der Waals surface area contributed by atoms with Gasteiger partial charge in [-0.3, -0.25) is 9.59 Å². The number of aryl methyl sites for hydroxylation is 1. The maximum absolute atomic E-state index is 11.0. The van der Waals surface area contributed by atoms with Crippen molar-refractivity contribution in [2.24, 2.45) is 0 Å². The first-order valence-electron chi connectivity index (χ1n) is 4.14. The maximum atomic E-state index is 11.0. The summed E-state index contributed by atoms with van der Waals surface area (Å²) in [4.78, 5) is 21.4. The summed E-state index contributed by atoms with van der Waals surface area (Å²) in [5.41, 5.74) is 1.21. The van der Waals surface area contributed by atoms with Crippen molar-refractivity contribution in [3.8, 4) is 0 Å². The summed E-state index contributed by atoms with van der Waals surface area (Å²) in [7, 11) is 0. The van der Waals surface area contributed by atoms with Gasteiger partial charge in [-0.2, -0.15) is 0 Å². The molecule has 0 spiro atoms. The summed E-state index contributed by atoms with van der Waals surface area (Å²) < 4.78 is 0. The first-order valence-corrected chi connectivity index (χ1v) is 4.59. The van der Waals surface area contributed by atoms with Crippen molar-refractivity contribution >= 4 is 23.7 Å². The fraction of sp³-hybridized carbons (Fsp3) is 0.200. The highest BCUT2D eigenvalue weighted by Gasteiger charge is 2.07. The van der Waals surface area contributed by atoms with Crippen LogP contribution < -0.4 is 0 Å². The molecule has 1 aromatic rings. The van der Waals surface area contributed by atoms with E-state index in [-0.39, 0.29) is 11.5 Å². The van der Waals surface area contributed by atoms with Crippen LogP contribution in [0.4, 0.5) is 0 Å². The van der Waals surface area contributed by atoms with Crippen molar-refractivity contribution in [3.05, 3.63) is 35.4 Å². The number of rotatable bonds is 4. The lowest BCUT2D eigenvalue weighted by molar-refractivity contribution is -0.136. The van der Waals surface area contributed by atoms with E-state index in [0.717, 1.165) is 5.56 Å². The van der Waals surface area contributed by atoms with Gasteiger partial charge in [0, 0.05) is 12.0 Å². The summed E-state index contributed by atoms with van der Waals surface area (Å²) in [6.45, 7) is 0. The van der Waals surface area contributed by atoms with Gasteiger partial charge >= 0.3 is 5.97 Å². The molecule has 0 aromatic heterocycles. The Bertz CT molecular complexity index is 360. The zero-order valence-corrected chi connectivity index (χ0v) is 8.33. The first-order chi connectivity index (χ1) is 6.61. The molecule has 4 heteroatoms. The third kappa shape index (κ3) is 2.88. The first kappa shape index (κ1) is 10.8. The minimum absolute atomic E-state index is 0.0259. The van der Waals surface area contributed by atoms with Crippen molar-refractivity contribution in [1.29, 1.82) is 0 Å². The van der Waals surface area contributed by atoms with E-state index in [2.05, 4.69) is 12.6 Å². The summed E-state index contributed by atoms with van der Waals surface area (Å²) in [6, 6.07) is 6.89. The third-order valence-electron chi connectivity index (χ3n) is 1.86. The molecule has 0 amide bonds. The van der Waals surface area contributed by atoms with Gasteiger partial charge in [-0.15, -0.1) is 12.6 Å². The SMILES string of the molecule is O=C(O)CCc1ccccc1C(=O)S. The van der Waals surface area contributed by atoms with Crippen molar-refractivity contribution in [2.45, 2.75) is 12.8 Å². The zero-order valence-electron chi connectivity index (χ0n) is 7.43. The van der Waals surface area contributed by atoms with E-state index >= 15 is 0 Å². The van der Waals surface area contributed by atoms with Gasteiger partial charge in [0.15, 0.2) is 0 Å². The molecule has 1 aromatic carbocycles. The molecular formula is C10H10O3S. The molecule has 0 bridgehead atoms. The molecule has 0 aliphatic carbocycles. The molecule has 0 heterocycles. The van der Waals surface area contributed by atoms with Crippen LogP contribution in [0.3, 0.4) is 0 Å². The van der Waals surface area contributed by atoms with E-state index in [1.54, 1.807) is 24.3 Å². The van der Waals surface area contributed by atoms with Crippen LogP contribution in [0.25, 0.3) is 0 Å². The molecule has 0 fully saturated rings. The maximum Gasteiger partial charge on any atom is 0.303 e. The van der Waals surface area contributed by atoms with Gasteiger partial charge < -0.3 is 5.11 Å². The molecule has 3 nitrogen and oxygen atoms in total. The van der Waals surface area contributed by atoms with Crippen LogP contribution in [-0.4, -0.2) is 16.2 Å². The van der Waals surface area contributed by atoms with Gasteiger partial charge in [0.1, 0.15) is 0 Å². The van der Waals surface area contributed by atoms with Crippen molar-refractivity contribution < 1.29 is 14.7 Å². The number of carbonyl (C=O) groups is 2. The molecule has 0 saturated carbocycles. The van der Waals surface area contributed by atoms with E-state index in [1.807, 2.05) is 0 Å². The minimum atomic E-state index is -0.869. The molecular weight excluding hydrogens is 200 g/mol. The van der Waals surface area contributed by atoms with Crippen LogP contribution in [0.1, 0.15) is 22.3 Å². The van der Waals surface area contributed by atoms with E-state index in [0.29, 0.717) is 12.0 Å². The Balaban J connectivity index is 2.84. The highest BCUT2D eigenvalue weighted by Crippen LogP contribution is 2.13. The Labute approximate surface area is 87.2 Å². The molecule has 14 heavy (non-hydrogen) atoms. The molecule has 0 saturated heterocycles. The van der Waals surface area contributed by atoms with Crippen LogP contribution in [-0.2, 0) is 11.2 Å². The molecule has 1 N–H and O–H groups in total. The van der Waals surface area contributed by atoms with Gasteiger partial charge in [0.2, 0.25) is 5.12 Å². The average molecular weight is 210 g/mol. The summed E-state index contributed by atoms with van der Waals surface area (Å²) in [5.74, 6) is -0.869. The number of carbonyl (C=O) groups excluding carboxylic acids is 1. The molecule has 1 rings (SSSR count). The quantitative estimate of drug-likeness (QED) is 0.745. The molecule has 74 valence electrons. The van der Waals surface area contributed by atoms with Gasteiger partial charge in [-0.25, -0.2) is 0 Å².